The van der Waals surface area contributed by atoms with Crippen molar-refractivity contribution in [2.24, 2.45) is 5.41 Å². The number of benzene rings is 1. The molecule has 0 atom stereocenters. The van der Waals surface area contributed by atoms with Crippen molar-refractivity contribution in [1.82, 2.24) is 0 Å². The normalized spacial score (nSPS) is 11.1. The van der Waals surface area contributed by atoms with Crippen LogP contribution >= 0.6 is 22.6 Å². The number of methoxy groups -OCH3 is 1. The molecule has 0 fully saturated rings. The van der Waals surface area contributed by atoms with Gasteiger partial charge < -0.3 is 4.74 Å². The molecule has 0 aliphatic carbocycles. The van der Waals surface area contributed by atoms with Crippen molar-refractivity contribution in [3.05, 3.63) is 27.3 Å². The quantitative estimate of drug-likeness (QED) is 0.820. The summed E-state index contributed by atoms with van der Waals surface area (Å²) < 4.78 is 5.59. The molecular weight excluding hydrogens is 329 g/mol. The van der Waals surface area contributed by atoms with Crippen LogP contribution in [0.25, 0.3) is 0 Å². The summed E-state index contributed by atoms with van der Waals surface area (Å²) in [7, 11) is 1.36. The first kappa shape index (κ1) is 14.3. The number of hydrogen-bond acceptors (Lipinski definition) is 2. The minimum Gasteiger partial charge on any atom is -0.453 e. The van der Waals surface area contributed by atoms with Gasteiger partial charge in [-0.25, -0.2) is 4.79 Å². The molecule has 0 spiro atoms. The molecule has 1 aromatic carbocycles. The first-order valence-corrected chi connectivity index (χ1v) is 6.53. The third-order valence-corrected chi connectivity index (χ3v) is 3.08. The molecule has 0 aliphatic rings. The Morgan fingerprint density at radius 1 is 1.41 bits per heavy atom. The lowest BCUT2D eigenvalue weighted by Crippen LogP contribution is -2.13. The van der Waals surface area contributed by atoms with E-state index in [1.165, 1.54) is 12.7 Å². The van der Waals surface area contributed by atoms with Crippen molar-refractivity contribution in [3.8, 4) is 0 Å². The van der Waals surface area contributed by atoms with Crippen LogP contribution in [0.15, 0.2) is 18.2 Å². The topological polar surface area (TPSA) is 38.3 Å². The SMILES string of the molecule is COC(=O)Nc1ccc(CC(C)(C)C)cc1I. The van der Waals surface area contributed by atoms with Gasteiger partial charge in [0, 0.05) is 3.57 Å². The zero-order chi connectivity index (χ0) is 13.1. The van der Waals surface area contributed by atoms with E-state index in [4.69, 9.17) is 0 Å². The van der Waals surface area contributed by atoms with E-state index in [2.05, 4.69) is 59.5 Å². The van der Waals surface area contributed by atoms with Gasteiger partial charge in [-0.15, -0.1) is 0 Å². The number of carbonyl (C=O) groups is 1. The fourth-order valence-electron chi connectivity index (χ4n) is 1.54. The van der Waals surface area contributed by atoms with Crippen molar-refractivity contribution in [2.45, 2.75) is 27.2 Å². The predicted octanol–water partition coefficient (Wildman–Crippen LogP) is 4.06. The molecule has 0 bridgehead atoms. The Labute approximate surface area is 116 Å². The molecule has 17 heavy (non-hydrogen) atoms. The summed E-state index contributed by atoms with van der Waals surface area (Å²) in [5, 5.41) is 2.68. The molecule has 1 rings (SSSR count). The van der Waals surface area contributed by atoms with Gasteiger partial charge in [-0.05, 0) is 52.1 Å². The second kappa shape index (κ2) is 5.71. The van der Waals surface area contributed by atoms with Crippen molar-refractivity contribution in [3.63, 3.8) is 0 Å². The molecule has 0 saturated carbocycles. The zero-order valence-corrected chi connectivity index (χ0v) is 12.8. The number of rotatable bonds is 2. The van der Waals surface area contributed by atoms with Crippen LogP contribution in [-0.2, 0) is 11.2 Å². The second-order valence-electron chi connectivity index (χ2n) is 5.17. The van der Waals surface area contributed by atoms with Gasteiger partial charge in [-0.1, -0.05) is 26.8 Å². The number of carbonyl (C=O) groups excluding carboxylic acids is 1. The highest BCUT2D eigenvalue weighted by molar-refractivity contribution is 14.1. The van der Waals surface area contributed by atoms with Gasteiger partial charge in [-0.3, -0.25) is 5.32 Å². The highest BCUT2D eigenvalue weighted by atomic mass is 127. The minimum atomic E-state index is -0.438. The maximum atomic E-state index is 11.1. The van der Waals surface area contributed by atoms with Crippen LogP contribution in [0.1, 0.15) is 26.3 Å². The summed E-state index contributed by atoms with van der Waals surface area (Å²) in [6.07, 6.45) is 0.577. The maximum absolute atomic E-state index is 11.1. The Kier molecular flexibility index (Phi) is 4.80. The van der Waals surface area contributed by atoms with E-state index in [1.807, 2.05) is 12.1 Å². The third kappa shape index (κ3) is 4.93. The Bertz CT molecular complexity index is 410. The summed E-state index contributed by atoms with van der Waals surface area (Å²) >= 11 is 2.22. The lowest BCUT2D eigenvalue weighted by atomic mass is 9.88. The molecule has 0 saturated heterocycles. The monoisotopic (exact) mass is 347 g/mol. The van der Waals surface area contributed by atoms with Crippen LogP contribution in [0, 0.1) is 8.99 Å². The Morgan fingerprint density at radius 3 is 2.53 bits per heavy atom. The lowest BCUT2D eigenvalue weighted by Gasteiger charge is -2.18. The molecule has 0 radical (unpaired) electrons. The zero-order valence-electron chi connectivity index (χ0n) is 10.6. The summed E-state index contributed by atoms with van der Waals surface area (Å²) in [6.45, 7) is 6.63. The Hall–Kier alpha value is -0.780. The molecule has 0 heterocycles. The summed E-state index contributed by atoms with van der Waals surface area (Å²) in [6, 6.07) is 6.05. The van der Waals surface area contributed by atoms with E-state index in [0.717, 1.165) is 15.7 Å². The van der Waals surface area contributed by atoms with E-state index in [9.17, 15) is 4.79 Å². The molecule has 0 unspecified atom stereocenters. The van der Waals surface area contributed by atoms with Crippen LogP contribution < -0.4 is 5.32 Å². The van der Waals surface area contributed by atoms with Gasteiger partial charge in [0.25, 0.3) is 0 Å². The van der Waals surface area contributed by atoms with E-state index in [-0.39, 0.29) is 5.41 Å². The molecule has 1 N–H and O–H groups in total. The number of ether oxygens (including phenoxy) is 1. The first-order valence-electron chi connectivity index (χ1n) is 5.45. The fourth-order valence-corrected chi connectivity index (χ4v) is 2.26. The van der Waals surface area contributed by atoms with Gasteiger partial charge in [0.05, 0.1) is 12.8 Å². The van der Waals surface area contributed by atoms with Crippen LogP contribution in [0.2, 0.25) is 0 Å². The van der Waals surface area contributed by atoms with Crippen molar-refractivity contribution >= 4 is 34.4 Å². The lowest BCUT2D eigenvalue weighted by molar-refractivity contribution is 0.187. The van der Waals surface area contributed by atoms with Crippen molar-refractivity contribution in [1.29, 1.82) is 0 Å². The molecule has 3 nitrogen and oxygen atoms in total. The number of hydrogen-bond donors (Lipinski definition) is 1. The molecule has 94 valence electrons. The van der Waals surface area contributed by atoms with Gasteiger partial charge in [0.15, 0.2) is 0 Å². The van der Waals surface area contributed by atoms with Crippen LogP contribution in [-0.4, -0.2) is 13.2 Å². The molecular formula is C13H18INO2. The number of halogens is 1. The number of amides is 1. The highest BCUT2D eigenvalue weighted by Gasteiger charge is 2.12. The Balaban J connectivity index is 2.83. The van der Waals surface area contributed by atoms with Gasteiger partial charge in [-0.2, -0.15) is 0 Å². The minimum absolute atomic E-state index is 0.264. The molecule has 0 aliphatic heterocycles. The predicted molar refractivity (Wildman–Crippen MR) is 78.3 cm³/mol. The van der Waals surface area contributed by atoms with Crippen molar-refractivity contribution < 1.29 is 9.53 Å². The van der Waals surface area contributed by atoms with E-state index < -0.39 is 6.09 Å². The molecule has 1 aromatic rings. The number of nitrogens with one attached hydrogen (secondary N) is 1. The van der Waals surface area contributed by atoms with Crippen molar-refractivity contribution in [2.75, 3.05) is 12.4 Å². The van der Waals surface area contributed by atoms with Gasteiger partial charge in [0.1, 0.15) is 0 Å². The summed E-state index contributed by atoms with van der Waals surface area (Å²) in [5.41, 5.74) is 2.33. The summed E-state index contributed by atoms with van der Waals surface area (Å²) in [4.78, 5) is 11.1. The van der Waals surface area contributed by atoms with Crippen LogP contribution in [0.5, 0.6) is 0 Å². The number of anilines is 1. The first-order chi connectivity index (χ1) is 7.81. The maximum Gasteiger partial charge on any atom is 0.411 e. The third-order valence-electron chi connectivity index (χ3n) is 2.19. The van der Waals surface area contributed by atoms with Crippen LogP contribution in [0.4, 0.5) is 10.5 Å². The standard InChI is InChI=1S/C13H18INO2/c1-13(2,3)8-9-5-6-11(10(14)7-9)15-12(16)17-4/h5-7H,8H2,1-4H3,(H,15,16). The fraction of sp³-hybridized carbons (Fsp3) is 0.462. The average molecular weight is 347 g/mol. The van der Waals surface area contributed by atoms with E-state index in [0.29, 0.717) is 0 Å². The second-order valence-corrected chi connectivity index (χ2v) is 6.33. The average Bonchev–Trinajstić information content (AvgIpc) is 2.19. The van der Waals surface area contributed by atoms with Gasteiger partial charge in [0.2, 0.25) is 0 Å². The largest absolute Gasteiger partial charge is 0.453 e. The molecule has 4 heteroatoms. The smallest absolute Gasteiger partial charge is 0.411 e. The molecule has 0 aromatic heterocycles. The Morgan fingerprint density at radius 2 is 2.06 bits per heavy atom. The molecule has 1 amide bonds. The summed E-state index contributed by atoms with van der Waals surface area (Å²) in [5.74, 6) is 0. The van der Waals surface area contributed by atoms with E-state index in [1.54, 1.807) is 0 Å². The van der Waals surface area contributed by atoms with E-state index >= 15 is 0 Å². The van der Waals surface area contributed by atoms with Gasteiger partial charge >= 0.3 is 6.09 Å². The highest BCUT2D eigenvalue weighted by Crippen LogP contribution is 2.25. The van der Waals surface area contributed by atoms with Crippen LogP contribution in [0.3, 0.4) is 0 Å².